The van der Waals surface area contributed by atoms with E-state index in [2.05, 4.69) is 5.32 Å². The number of urea groups is 1. The van der Waals surface area contributed by atoms with E-state index >= 15 is 0 Å². The van der Waals surface area contributed by atoms with E-state index in [9.17, 15) is 14.7 Å². The molecular weight excluding hydrogens is 264 g/mol. The van der Waals surface area contributed by atoms with Gasteiger partial charge in [-0.3, -0.25) is 0 Å². The molecule has 1 aliphatic rings. The number of aliphatic carboxylic acids is 1. The van der Waals surface area contributed by atoms with Crippen LogP contribution >= 0.6 is 0 Å². The molecular formula is C13H16N2O5. The van der Waals surface area contributed by atoms with Gasteiger partial charge < -0.3 is 25.2 Å². The molecule has 1 heterocycles. The summed E-state index contributed by atoms with van der Waals surface area (Å²) in [7, 11) is 1.48. The average molecular weight is 280 g/mol. The Labute approximate surface area is 115 Å². The van der Waals surface area contributed by atoms with E-state index in [1.165, 1.54) is 7.11 Å². The fourth-order valence-electron chi connectivity index (χ4n) is 2.21. The highest BCUT2D eigenvalue weighted by atomic mass is 16.5. The van der Waals surface area contributed by atoms with Gasteiger partial charge >= 0.3 is 12.0 Å². The fraction of sp³-hybridized carbons (Fsp3) is 0.385. The summed E-state index contributed by atoms with van der Waals surface area (Å²) in [5, 5.41) is 21.2. The first-order valence-corrected chi connectivity index (χ1v) is 6.14. The SMILES string of the molecule is COc1ccccc1NC(=O)N1C[C@H](O)C[C@H]1C(=O)O. The Morgan fingerprint density at radius 1 is 1.40 bits per heavy atom. The first-order valence-electron chi connectivity index (χ1n) is 6.14. The van der Waals surface area contributed by atoms with Crippen LogP contribution in [0.2, 0.25) is 0 Å². The molecule has 0 aromatic heterocycles. The number of β-amino-alcohol motifs (C(OH)–C–C–N with tert-alkyl or cyclic N) is 1. The lowest BCUT2D eigenvalue weighted by Gasteiger charge is -2.22. The predicted molar refractivity (Wildman–Crippen MR) is 70.8 cm³/mol. The van der Waals surface area contributed by atoms with E-state index in [-0.39, 0.29) is 13.0 Å². The molecule has 7 heteroatoms. The van der Waals surface area contributed by atoms with E-state index in [1.807, 2.05) is 0 Å². The van der Waals surface area contributed by atoms with Crippen LogP contribution < -0.4 is 10.1 Å². The van der Waals surface area contributed by atoms with E-state index in [4.69, 9.17) is 9.84 Å². The second kappa shape index (κ2) is 5.79. The average Bonchev–Trinajstić information content (AvgIpc) is 2.82. The number of carbonyl (C=O) groups is 2. The zero-order valence-corrected chi connectivity index (χ0v) is 10.9. The van der Waals surface area contributed by atoms with Crippen molar-refractivity contribution in [2.24, 2.45) is 0 Å². The Kier molecular flexibility index (Phi) is 4.09. The Bertz CT molecular complexity index is 519. The maximum atomic E-state index is 12.1. The number of para-hydroxylation sites is 2. The normalized spacial score (nSPS) is 21.6. The molecule has 108 valence electrons. The lowest BCUT2D eigenvalue weighted by atomic mass is 10.2. The zero-order chi connectivity index (χ0) is 14.7. The third kappa shape index (κ3) is 2.83. The number of hydrogen-bond acceptors (Lipinski definition) is 4. The standard InChI is InChI=1S/C13H16N2O5/c1-20-11-5-3-2-4-9(11)14-13(19)15-7-8(16)6-10(15)12(17)18/h2-5,8,10,16H,6-7H2,1H3,(H,14,19)(H,17,18)/t8-,10+/m1/s1. The lowest BCUT2D eigenvalue weighted by molar-refractivity contribution is -0.141. The van der Waals surface area contributed by atoms with Crippen LogP contribution in [0.25, 0.3) is 0 Å². The molecule has 0 bridgehead atoms. The Morgan fingerprint density at radius 2 is 2.10 bits per heavy atom. The Morgan fingerprint density at radius 3 is 2.75 bits per heavy atom. The minimum atomic E-state index is -1.13. The number of nitrogens with one attached hydrogen (secondary N) is 1. The summed E-state index contributed by atoms with van der Waals surface area (Å²) in [5.74, 6) is -0.649. The fourth-order valence-corrected chi connectivity index (χ4v) is 2.21. The highest BCUT2D eigenvalue weighted by Gasteiger charge is 2.39. The summed E-state index contributed by atoms with van der Waals surface area (Å²) in [5.41, 5.74) is 0.450. The molecule has 1 aromatic rings. The van der Waals surface area contributed by atoms with Crippen molar-refractivity contribution in [1.82, 2.24) is 4.90 Å². The molecule has 1 aromatic carbocycles. The van der Waals surface area contributed by atoms with Gasteiger partial charge in [-0.2, -0.15) is 0 Å². The van der Waals surface area contributed by atoms with Crippen LogP contribution in [0.15, 0.2) is 24.3 Å². The molecule has 1 aliphatic heterocycles. The highest BCUT2D eigenvalue weighted by molar-refractivity contribution is 5.94. The third-order valence-corrected chi connectivity index (χ3v) is 3.17. The van der Waals surface area contributed by atoms with E-state index in [0.717, 1.165) is 4.90 Å². The Balaban J connectivity index is 2.13. The zero-order valence-electron chi connectivity index (χ0n) is 10.9. The van der Waals surface area contributed by atoms with E-state index in [0.29, 0.717) is 11.4 Å². The summed E-state index contributed by atoms with van der Waals surface area (Å²) >= 11 is 0. The quantitative estimate of drug-likeness (QED) is 0.758. The van der Waals surface area contributed by atoms with Gasteiger partial charge in [-0.25, -0.2) is 9.59 Å². The summed E-state index contributed by atoms with van der Waals surface area (Å²) in [4.78, 5) is 24.3. The van der Waals surface area contributed by atoms with Gasteiger partial charge in [0.25, 0.3) is 0 Å². The van der Waals surface area contributed by atoms with Crippen molar-refractivity contribution in [1.29, 1.82) is 0 Å². The number of nitrogens with zero attached hydrogens (tertiary/aromatic N) is 1. The number of carboxylic acid groups (broad SMARTS) is 1. The number of rotatable bonds is 3. The molecule has 1 saturated heterocycles. The van der Waals surface area contributed by atoms with Crippen LogP contribution in [0, 0.1) is 0 Å². The number of aliphatic hydroxyl groups is 1. The number of hydrogen-bond donors (Lipinski definition) is 3. The number of benzene rings is 1. The lowest BCUT2D eigenvalue weighted by Crippen LogP contribution is -2.43. The molecule has 20 heavy (non-hydrogen) atoms. The first kappa shape index (κ1) is 14.1. The molecule has 3 N–H and O–H groups in total. The highest BCUT2D eigenvalue weighted by Crippen LogP contribution is 2.25. The molecule has 0 spiro atoms. The molecule has 0 unspecified atom stereocenters. The molecule has 2 amide bonds. The van der Waals surface area contributed by atoms with Crippen LogP contribution in [0.3, 0.4) is 0 Å². The second-order valence-corrected chi connectivity index (χ2v) is 4.53. The number of aliphatic hydroxyl groups excluding tert-OH is 1. The van der Waals surface area contributed by atoms with Crippen LogP contribution in [0.5, 0.6) is 5.75 Å². The first-order chi connectivity index (χ1) is 9.52. The topological polar surface area (TPSA) is 99.1 Å². The van der Waals surface area contributed by atoms with Gasteiger partial charge in [-0.1, -0.05) is 12.1 Å². The second-order valence-electron chi connectivity index (χ2n) is 4.53. The van der Waals surface area contributed by atoms with E-state index < -0.39 is 24.1 Å². The summed E-state index contributed by atoms with van der Waals surface area (Å²) in [6, 6.07) is 5.24. The number of anilines is 1. The molecule has 0 saturated carbocycles. The van der Waals surface area contributed by atoms with Crippen molar-refractivity contribution in [3.8, 4) is 5.75 Å². The monoisotopic (exact) mass is 280 g/mol. The summed E-state index contributed by atoms with van der Waals surface area (Å²) in [6.45, 7) is -0.00203. The van der Waals surface area contributed by atoms with Crippen molar-refractivity contribution >= 4 is 17.7 Å². The maximum absolute atomic E-state index is 12.1. The van der Waals surface area contributed by atoms with Crippen molar-refractivity contribution in [2.75, 3.05) is 19.0 Å². The van der Waals surface area contributed by atoms with Gasteiger partial charge in [-0.05, 0) is 12.1 Å². The number of amides is 2. The largest absolute Gasteiger partial charge is 0.495 e. The van der Waals surface area contributed by atoms with Gasteiger partial charge in [0.1, 0.15) is 11.8 Å². The summed E-state index contributed by atoms with van der Waals surface area (Å²) in [6.07, 6.45) is -0.784. The molecule has 0 radical (unpaired) electrons. The van der Waals surface area contributed by atoms with Crippen LogP contribution in [-0.4, -0.2) is 52.9 Å². The van der Waals surface area contributed by atoms with Crippen molar-refractivity contribution in [3.05, 3.63) is 24.3 Å². The van der Waals surface area contributed by atoms with Gasteiger partial charge in [0.05, 0.1) is 18.9 Å². The minimum Gasteiger partial charge on any atom is -0.495 e. The van der Waals surface area contributed by atoms with E-state index in [1.54, 1.807) is 24.3 Å². The van der Waals surface area contributed by atoms with Gasteiger partial charge in [0.2, 0.25) is 0 Å². The maximum Gasteiger partial charge on any atom is 0.326 e. The molecule has 1 fully saturated rings. The summed E-state index contributed by atoms with van der Waals surface area (Å²) < 4.78 is 5.11. The molecule has 2 rings (SSSR count). The van der Waals surface area contributed by atoms with Crippen molar-refractivity contribution in [2.45, 2.75) is 18.6 Å². The number of methoxy groups -OCH3 is 1. The Hall–Kier alpha value is -2.28. The number of carboxylic acids is 1. The predicted octanol–water partition coefficient (Wildman–Crippen LogP) is 0.747. The van der Waals surface area contributed by atoms with Gasteiger partial charge in [-0.15, -0.1) is 0 Å². The number of likely N-dealkylation sites (tertiary alicyclic amines) is 1. The third-order valence-electron chi connectivity index (χ3n) is 3.17. The smallest absolute Gasteiger partial charge is 0.326 e. The molecule has 2 atom stereocenters. The molecule has 7 nitrogen and oxygen atoms in total. The molecule has 0 aliphatic carbocycles. The van der Waals surface area contributed by atoms with Crippen LogP contribution in [-0.2, 0) is 4.79 Å². The number of ether oxygens (including phenoxy) is 1. The van der Waals surface area contributed by atoms with Crippen LogP contribution in [0.1, 0.15) is 6.42 Å². The van der Waals surface area contributed by atoms with Crippen molar-refractivity contribution in [3.63, 3.8) is 0 Å². The number of carbonyl (C=O) groups excluding carboxylic acids is 1. The van der Waals surface area contributed by atoms with Crippen molar-refractivity contribution < 1.29 is 24.5 Å². The van der Waals surface area contributed by atoms with Crippen LogP contribution in [0.4, 0.5) is 10.5 Å². The van der Waals surface area contributed by atoms with Gasteiger partial charge in [0, 0.05) is 13.0 Å². The van der Waals surface area contributed by atoms with Gasteiger partial charge in [0.15, 0.2) is 0 Å². The minimum absolute atomic E-state index is 0.00203.